The van der Waals surface area contributed by atoms with Gasteiger partial charge in [0, 0.05) is 32.5 Å². The largest absolute Gasteiger partial charge is 0.376 e. The second-order valence-corrected chi connectivity index (χ2v) is 7.84. The molecule has 0 unspecified atom stereocenters. The zero-order valence-electron chi connectivity index (χ0n) is 17.8. The maximum absolute atomic E-state index is 13.3. The van der Waals surface area contributed by atoms with Gasteiger partial charge in [-0.2, -0.15) is 0 Å². The molecule has 2 aromatic carbocycles. The van der Waals surface area contributed by atoms with Gasteiger partial charge in [0.2, 0.25) is 11.8 Å². The lowest BCUT2D eigenvalue weighted by atomic mass is 10.0. The lowest BCUT2D eigenvalue weighted by Gasteiger charge is -2.32. The number of hydrogen-bond donors (Lipinski definition) is 1. The van der Waals surface area contributed by atoms with Crippen LogP contribution in [0.2, 0.25) is 0 Å². The average Bonchev–Trinajstić information content (AvgIpc) is 3.30. The fourth-order valence-corrected chi connectivity index (χ4v) is 3.83. The van der Waals surface area contributed by atoms with Gasteiger partial charge in [0.15, 0.2) is 0 Å². The molecule has 30 heavy (non-hydrogen) atoms. The van der Waals surface area contributed by atoms with Gasteiger partial charge in [-0.15, -0.1) is 0 Å². The van der Waals surface area contributed by atoms with Crippen molar-refractivity contribution in [2.75, 3.05) is 13.2 Å². The van der Waals surface area contributed by atoms with Gasteiger partial charge in [-0.1, -0.05) is 67.6 Å². The van der Waals surface area contributed by atoms with Gasteiger partial charge in [0.25, 0.3) is 0 Å². The third-order valence-corrected chi connectivity index (χ3v) is 5.46. The lowest BCUT2D eigenvalue weighted by molar-refractivity contribution is -0.141. The van der Waals surface area contributed by atoms with Crippen LogP contribution in [0.1, 0.15) is 43.7 Å². The smallest absolute Gasteiger partial charge is 0.243 e. The van der Waals surface area contributed by atoms with Crippen LogP contribution in [0.5, 0.6) is 0 Å². The molecular formula is C25H32N2O3. The Kier molecular flexibility index (Phi) is 8.45. The molecule has 3 rings (SSSR count). The molecule has 0 saturated carbocycles. The predicted octanol–water partition coefficient (Wildman–Crippen LogP) is 3.72. The summed E-state index contributed by atoms with van der Waals surface area (Å²) in [5.74, 6) is -0.107. The van der Waals surface area contributed by atoms with E-state index in [-0.39, 0.29) is 17.9 Å². The number of carbonyl (C=O) groups excluding carboxylic acids is 2. The minimum Gasteiger partial charge on any atom is -0.376 e. The number of nitrogens with zero attached hydrogens (tertiary/aromatic N) is 1. The van der Waals surface area contributed by atoms with Gasteiger partial charge in [-0.25, -0.2) is 0 Å². The Balaban J connectivity index is 1.82. The van der Waals surface area contributed by atoms with Crippen LogP contribution in [0.25, 0.3) is 0 Å². The number of nitrogens with one attached hydrogen (secondary N) is 1. The third kappa shape index (κ3) is 6.42. The Bertz CT molecular complexity index is 789. The normalized spacial score (nSPS) is 16.8. The summed E-state index contributed by atoms with van der Waals surface area (Å²) in [6.07, 6.45) is 3.73. The minimum absolute atomic E-state index is 0.00884. The first kappa shape index (κ1) is 22.0. The van der Waals surface area contributed by atoms with Crippen molar-refractivity contribution in [3.05, 3.63) is 71.8 Å². The maximum atomic E-state index is 13.3. The molecule has 2 amide bonds. The number of ether oxygens (including phenoxy) is 1. The molecule has 1 N–H and O–H groups in total. The molecule has 0 aromatic heterocycles. The first-order valence-electron chi connectivity index (χ1n) is 10.9. The zero-order valence-corrected chi connectivity index (χ0v) is 17.8. The van der Waals surface area contributed by atoms with E-state index in [9.17, 15) is 9.59 Å². The van der Waals surface area contributed by atoms with E-state index in [1.54, 1.807) is 4.90 Å². The Labute approximate surface area is 179 Å². The van der Waals surface area contributed by atoms with Crippen LogP contribution in [0.4, 0.5) is 0 Å². The summed E-state index contributed by atoms with van der Waals surface area (Å²) in [5.41, 5.74) is 2.06. The number of benzene rings is 2. The lowest BCUT2D eigenvalue weighted by Crippen LogP contribution is -2.51. The van der Waals surface area contributed by atoms with Crippen molar-refractivity contribution in [1.29, 1.82) is 0 Å². The van der Waals surface area contributed by atoms with E-state index >= 15 is 0 Å². The highest BCUT2D eigenvalue weighted by Crippen LogP contribution is 2.17. The van der Waals surface area contributed by atoms with Crippen LogP contribution in [-0.2, 0) is 27.3 Å². The Morgan fingerprint density at radius 2 is 1.73 bits per heavy atom. The van der Waals surface area contributed by atoms with Gasteiger partial charge >= 0.3 is 0 Å². The molecule has 1 aliphatic rings. The molecule has 0 bridgehead atoms. The summed E-state index contributed by atoms with van der Waals surface area (Å²) >= 11 is 0. The van der Waals surface area contributed by atoms with Crippen molar-refractivity contribution in [3.63, 3.8) is 0 Å². The van der Waals surface area contributed by atoms with E-state index < -0.39 is 6.04 Å². The quantitative estimate of drug-likeness (QED) is 0.652. The van der Waals surface area contributed by atoms with Gasteiger partial charge in [-0.3, -0.25) is 9.59 Å². The molecule has 1 fully saturated rings. The molecule has 0 spiro atoms. The standard InChI is InChI=1S/C25H32N2O3/c1-2-10-24(28)27(19-21-13-7-4-8-14-21)23(17-20-11-5-3-6-12-20)25(29)26-18-22-15-9-16-30-22/h3-8,11-14,22-23H,2,9-10,15-19H2,1H3,(H,26,29)/t22-,23+/m0/s1. The highest BCUT2D eigenvalue weighted by molar-refractivity contribution is 5.88. The second-order valence-electron chi connectivity index (χ2n) is 7.84. The van der Waals surface area contributed by atoms with E-state index in [1.165, 1.54) is 0 Å². The van der Waals surface area contributed by atoms with E-state index in [0.717, 1.165) is 37.0 Å². The molecule has 0 radical (unpaired) electrons. The fourth-order valence-electron chi connectivity index (χ4n) is 3.83. The van der Waals surface area contributed by atoms with Crippen LogP contribution in [0.3, 0.4) is 0 Å². The predicted molar refractivity (Wildman–Crippen MR) is 118 cm³/mol. The van der Waals surface area contributed by atoms with Crippen molar-refractivity contribution >= 4 is 11.8 Å². The summed E-state index contributed by atoms with van der Waals surface area (Å²) in [7, 11) is 0. The zero-order chi connectivity index (χ0) is 21.2. The minimum atomic E-state index is -0.562. The summed E-state index contributed by atoms with van der Waals surface area (Å²) in [4.78, 5) is 28.1. The van der Waals surface area contributed by atoms with Gasteiger partial charge < -0.3 is 15.0 Å². The van der Waals surface area contributed by atoms with Gasteiger partial charge in [0.05, 0.1) is 6.10 Å². The van der Waals surface area contributed by atoms with Crippen molar-refractivity contribution in [2.24, 2.45) is 0 Å². The summed E-state index contributed by atoms with van der Waals surface area (Å²) in [5, 5.41) is 3.05. The molecule has 5 nitrogen and oxygen atoms in total. The fraction of sp³-hybridized carbons (Fsp3) is 0.440. The highest BCUT2D eigenvalue weighted by atomic mass is 16.5. The van der Waals surface area contributed by atoms with Crippen molar-refractivity contribution in [2.45, 2.75) is 57.7 Å². The Morgan fingerprint density at radius 1 is 1.07 bits per heavy atom. The number of carbonyl (C=O) groups is 2. The average molecular weight is 409 g/mol. The molecule has 2 atom stereocenters. The summed E-state index contributed by atoms with van der Waals surface area (Å²) in [6.45, 7) is 3.65. The maximum Gasteiger partial charge on any atom is 0.243 e. The van der Waals surface area contributed by atoms with E-state index in [4.69, 9.17) is 4.74 Å². The monoisotopic (exact) mass is 408 g/mol. The van der Waals surface area contributed by atoms with E-state index in [1.807, 2.05) is 67.6 Å². The summed E-state index contributed by atoms with van der Waals surface area (Å²) in [6, 6.07) is 19.2. The van der Waals surface area contributed by atoms with Crippen LogP contribution in [0.15, 0.2) is 60.7 Å². The molecule has 160 valence electrons. The van der Waals surface area contributed by atoms with E-state index in [2.05, 4.69) is 5.32 Å². The molecule has 1 heterocycles. The molecule has 5 heteroatoms. The highest BCUT2D eigenvalue weighted by Gasteiger charge is 2.30. The molecule has 1 aliphatic heterocycles. The third-order valence-electron chi connectivity index (χ3n) is 5.46. The first-order chi connectivity index (χ1) is 14.7. The van der Waals surface area contributed by atoms with Crippen molar-refractivity contribution in [1.82, 2.24) is 10.2 Å². The Morgan fingerprint density at radius 3 is 2.33 bits per heavy atom. The van der Waals surface area contributed by atoms with Crippen LogP contribution in [0, 0.1) is 0 Å². The molecular weight excluding hydrogens is 376 g/mol. The van der Waals surface area contributed by atoms with Crippen molar-refractivity contribution in [3.8, 4) is 0 Å². The Hall–Kier alpha value is -2.66. The molecule has 1 saturated heterocycles. The second kappa shape index (κ2) is 11.5. The van der Waals surface area contributed by atoms with E-state index in [0.29, 0.717) is 25.9 Å². The SMILES string of the molecule is CCCC(=O)N(Cc1ccccc1)[C@H](Cc1ccccc1)C(=O)NC[C@@H]1CCCO1. The van der Waals surface area contributed by atoms with Crippen LogP contribution in [-0.4, -0.2) is 42.0 Å². The molecule has 0 aliphatic carbocycles. The molecule has 2 aromatic rings. The number of rotatable bonds is 10. The van der Waals surface area contributed by atoms with Gasteiger partial charge in [-0.05, 0) is 30.4 Å². The summed E-state index contributed by atoms with van der Waals surface area (Å²) < 4.78 is 5.65. The number of hydrogen-bond acceptors (Lipinski definition) is 3. The van der Waals surface area contributed by atoms with Crippen LogP contribution >= 0.6 is 0 Å². The first-order valence-corrected chi connectivity index (χ1v) is 10.9. The number of amides is 2. The van der Waals surface area contributed by atoms with Crippen molar-refractivity contribution < 1.29 is 14.3 Å². The van der Waals surface area contributed by atoms with Crippen LogP contribution < -0.4 is 5.32 Å². The van der Waals surface area contributed by atoms with Gasteiger partial charge in [0.1, 0.15) is 6.04 Å². The topological polar surface area (TPSA) is 58.6 Å².